The van der Waals surface area contributed by atoms with Gasteiger partial charge in [0.25, 0.3) is 0 Å². The van der Waals surface area contributed by atoms with E-state index in [1.54, 1.807) is 0 Å². The van der Waals surface area contributed by atoms with Crippen LogP contribution in [0.3, 0.4) is 0 Å². The first-order valence-corrected chi connectivity index (χ1v) is 12.3. The van der Waals surface area contributed by atoms with Crippen LogP contribution in [0.1, 0.15) is 36.7 Å². The third kappa shape index (κ3) is 5.91. The molecular formula is C25H24N4O2S2. The van der Waals surface area contributed by atoms with Crippen LogP contribution < -0.4 is 10.6 Å². The lowest BCUT2D eigenvalue weighted by Gasteiger charge is -2.12. The van der Waals surface area contributed by atoms with E-state index in [9.17, 15) is 9.59 Å². The number of anilines is 1. The maximum atomic E-state index is 12.5. The third-order valence-electron chi connectivity index (χ3n) is 5.04. The van der Waals surface area contributed by atoms with E-state index >= 15 is 0 Å². The molecule has 2 amide bonds. The Hall–Kier alpha value is -3.36. The summed E-state index contributed by atoms with van der Waals surface area (Å²) in [7, 11) is 0. The van der Waals surface area contributed by atoms with Gasteiger partial charge in [-0.2, -0.15) is 0 Å². The molecule has 2 heterocycles. The molecule has 0 aliphatic carbocycles. The smallest absolute Gasteiger partial charge is 0.232 e. The summed E-state index contributed by atoms with van der Waals surface area (Å²) in [5.74, 6) is -0.202. The largest absolute Gasteiger partial charge is 0.350 e. The summed E-state index contributed by atoms with van der Waals surface area (Å²) in [5, 5.41) is 11.1. The van der Waals surface area contributed by atoms with Crippen molar-refractivity contribution in [3.05, 3.63) is 76.1 Å². The average Bonchev–Trinajstić information content (AvgIpc) is 3.43. The number of nitrogens with zero attached hydrogens (tertiary/aromatic N) is 2. The molecule has 1 atom stereocenters. The van der Waals surface area contributed by atoms with Gasteiger partial charge in [-0.15, -0.1) is 22.7 Å². The molecule has 0 radical (unpaired) electrons. The monoisotopic (exact) mass is 476 g/mol. The van der Waals surface area contributed by atoms with E-state index in [0.29, 0.717) is 5.13 Å². The van der Waals surface area contributed by atoms with Gasteiger partial charge >= 0.3 is 0 Å². The summed E-state index contributed by atoms with van der Waals surface area (Å²) < 4.78 is 0. The molecule has 1 unspecified atom stereocenters. The molecule has 168 valence electrons. The van der Waals surface area contributed by atoms with Crippen LogP contribution in [0.25, 0.3) is 21.8 Å². The highest BCUT2D eigenvalue weighted by Crippen LogP contribution is 2.27. The summed E-state index contributed by atoms with van der Waals surface area (Å²) >= 11 is 2.93. The molecule has 2 aromatic carbocycles. The van der Waals surface area contributed by atoms with E-state index < -0.39 is 0 Å². The van der Waals surface area contributed by atoms with Crippen molar-refractivity contribution in [3.8, 4) is 21.8 Å². The maximum Gasteiger partial charge on any atom is 0.232 e. The van der Waals surface area contributed by atoms with Crippen molar-refractivity contribution in [1.29, 1.82) is 0 Å². The van der Waals surface area contributed by atoms with Crippen LogP contribution in [0.2, 0.25) is 0 Å². The Labute approximate surface area is 200 Å². The maximum absolute atomic E-state index is 12.5. The lowest BCUT2D eigenvalue weighted by atomic mass is 10.1. The van der Waals surface area contributed by atoms with Crippen LogP contribution in [-0.2, 0) is 16.0 Å². The summed E-state index contributed by atoms with van der Waals surface area (Å²) in [4.78, 5) is 32.9. The average molecular weight is 477 g/mol. The number of thiazole rings is 2. The molecule has 0 spiro atoms. The van der Waals surface area contributed by atoms with Crippen molar-refractivity contribution >= 4 is 39.6 Å². The predicted molar refractivity (Wildman–Crippen MR) is 134 cm³/mol. The summed E-state index contributed by atoms with van der Waals surface area (Å²) in [5.41, 5.74) is 5.75. The molecule has 0 aliphatic rings. The Bertz CT molecular complexity index is 1280. The normalized spacial score (nSPS) is 11.7. The molecule has 0 fully saturated rings. The van der Waals surface area contributed by atoms with Gasteiger partial charge in [-0.25, -0.2) is 9.97 Å². The Morgan fingerprint density at radius 2 is 1.79 bits per heavy atom. The zero-order valence-corrected chi connectivity index (χ0v) is 20.2. The van der Waals surface area contributed by atoms with Gasteiger partial charge in [0, 0.05) is 28.8 Å². The topological polar surface area (TPSA) is 84.0 Å². The van der Waals surface area contributed by atoms with Gasteiger partial charge in [-0.05, 0) is 25.5 Å². The van der Waals surface area contributed by atoms with Gasteiger partial charge in [0.1, 0.15) is 5.01 Å². The quantitative estimate of drug-likeness (QED) is 0.363. The summed E-state index contributed by atoms with van der Waals surface area (Å²) in [6.45, 7) is 5.50. The molecule has 4 aromatic rings. The van der Waals surface area contributed by atoms with Crippen LogP contribution in [0, 0.1) is 6.92 Å². The summed E-state index contributed by atoms with van der Waals surface area (Å²) in [6.07, 6.45) is 0.201. The van der Waals surface area contributed by atoms with Crippen molar-refractivity contribution in [2.24, 2.45) is 0 Å². The minimum absolute atomic E-state index is 0.0565. The van der Waals surface area contributed by atoms with Gasteiger partial charge < -0.3 is 10.6 Å². The van der Waals surface area contributed by atoms with E-state index in [0.717, 1.165) is 33.1 Å². The van der Waals surface area contributed by atoms with Crippen LogP contribution in [0.4, 0.5) is 5.13 Å². The lowest BCUT2D eigenvalue weighted by Crippen LogP contribution is -2.23. The van der Waals surface area contributed by atoms with E-state index in [2.05, 4.69) is 39.7 Å². The number of aromatic nitrogens is 2. The number of carbonyl (C=O) groups excluding carboxylic acids is 2. The predicted octanol–water partition coefficient (Wildman–Crippen LogP) is 5.62. The first-order chi connectivity index (χ1) is 15.9. The fraction of sp³-hybridized carbons (Fsp3) is 0.200. The van der Waals surface area contributed by atoms with Crippen LogP contribution in [0.15, 0.2) is 59.3 Å². The highest BCUT2D eigenvalue weighted by molar-refractivity contribution is 7.14. The molecule has 33 heavy (non-hydrogen) atoms. The molecular weight excluding hydrogens is 452 g/mol. The van der Waals surface area contributed by atoms with E-state index in [1.807, 2.05) is 54.1 Å². The molecule has 6 nitrogen and oxygen atoms in total. The molecule has 0 bridgehead atoms. The van der Waals surface area contributed by atoms with E-state index in [-0.39, 0.29) is 24.3 Å². The minimum atomic E-state index is -0.142. The molecule has 2 N–H and O–H groups in total. The van der Waals surface area contributed by atoms with Crippen molar-refractivity contribution in [2.45, 2.75) is 33.2 Å². The summed E-state index contributed by atoms with van der Waals surface area (Å²) in [6, 6.07) is 16.0. The highest BCUT2D eigenvalue weighted by atomic mass is 32.1. The van der Waals surface area contributed by atoms with Gasteiger partial charge in [0.15, 0.2) is 5.13 Å². The molecule has 0 saturated carbocycles. The number of amides is 2. The first kappa shape index (κ1) is 22.8. The Morgan fingerprint density at radius 3 is 2.52 bits per heavy atom. The van der Waals surface area contributed by atoms with Crippen molar-refractivity contribution in [3.63, 3.8) is 0 Å². The standard InChI is InChI=1S/C25H24N4O2S2/c1-15-5-4-6-20(11-15)24-27-21(13-32-24)12-23(31)29-25-28-22(14-33-25)19-9-7-18(8-10-19)16(2)26-17(3)30/h4-11,13-14,16H,12H2,1-3H3,(H,26,30)(H,28,29,31). The zero-order valence-electron chi connectivity index (χ0n) is 18.6. The van der Waals surface area contributed by atoms with Gasteiger partial charge in [0.05, 0.1) is 23.9 Å². The molecule has 4 rings (SSSR count). The number of rotatable bonds is 7. The van der Waals surface area contributed by atoms with E-state index in [4.69, 9.17) is 0 Å². The van der Waals surface area contributed by atoms with E-state index in [1.165, 1.54) is 35.2 Å². The van der Waals surface area contributed by atoms with Gasteiger partial charge in [-0.3, -0.25) is 9.59 Å². The number of nitrogens with one attached hydrogen (secondary N) is 2. The van der Waals surface area contributed by atoms with Crippen molar-refractivity contribution in [2.75, 3.05) is 5.32 Å². The molecule has 0 saturated heterocycles. The second-order valence-corrected chi connectivity index (χ2v) is 9.54. The number of benzene rings is 2. The van der Waals surface area contributed by atoms with Crippen LogP contribution in [-0.4, -0.2) is 21.8 Å². The Morgan fingerprint density at radius 1 is 1.00 bits per heavy atom. The first-order valence-electron chi connectivity index (χ1n) is 10.5. The van der Waals surface area contributed by atoms with Crippen molar-refractivity contribution < 1.29 is 9.59 Å². The molecule has 0 aliphatic heterocycles. The fourth-order valence-electron chi connectivity index (χ4n) is 3.42. The van der Waals surface area contributed by atoms with Crippen LogP contribution >= 0.6 is 22.7 Å². The minimum Gasteiger partial charge on any atom is -0.350 e. The second kappa shape index (κ2) is 10.1. The number of carbonyl (C=O) groups is 2. The number of hydrogen-bond donors (Lipinski definition) is 2. The molecule has 8 heteroatoms. The number of aryl methyl sites for hydroxylation is 1. The number of hydrogen-bond acceptors (Lipinski definition) is 6. The van der Waals surface area contributed by atoms with Gasteiger partial charge in [0.2, 0.25) is 11.8 Å². The Kier molecular flexibility index (Phi) is 6.96. The van der Waals surface area contributed by atoms with Gasteiger partial charge in [-0.1, -0.05) is 48.0 Å². The SMILES string of the molecule is CC(=O)NC(C)c1ccc(-c2csc(NC(=O)Cc3csc(-c4cccc(C)c4)n3)n2)cc1. The zero-order chi connectivity index (χ0) is 23.4. The van der Waals surface area contributed by atoms with Crippen LogP contribution in [0.5, 0.6) is 0 Å². The molecule has 2 aromatic heterocycles. The third-order valence-corrected chi connectivity index (χ3v) is 6.73. The second-order valence-electron chi connectivity index (χ2n) is 7.82. The lowest BCUT2D eigenvalue weighted by molar-refractivity contribution is -0.119. The van der Waals surface area contributed by atoms with Crippen molar-refractivity contribution in [1.82, 2.24) is 15.3 Å². The Balaban J connectivity index is 1.37. The highest BCUT2D eigenvalue weighted by Gasteiger charge is 2.13. The fourth-order valence-corrected chi connectivity index (χ4v) is 4.97.